The van der Waals surface area contributed by atoms with Crippen LogP contribution in [-0.4, -0.2) is 16.8 Å². The molecule has 1 N–H and O–H groups in total. The minimum Gasteiger partial charge on any atom is -0.309 e. The third-order valence-electron chi connectivity index (χ3n) is 3.02. The van der Waals surface area contributed by atoms with Crippen LogP contribution in [0.1, 0.15) is 25.5 Å². The molecule has 0 saturated carbocycles. The number of hydrogen-bond donors (Lipinski definition) is 1. The van der Waals surface area contributed by atoms with Gasteiger partial charge in [0.05, 0.1) is 0 Å². The highest BCUT2D eigenvalue weighted by atomic mass is 32.2. The predicted molar refractivity (Wildman–Crippen MR) is 82.4 cm³/mol. The molecule has 0 aliphatic heterocycles. The molecule has 0 bridgehead atoms. The number of aromatic nitrogens is 1. The van der Waals surface area contributed by atoms with Crippen molar-refractivity contribution in [3.05, 3.63) is 60.4 Å². The fourth-order valence-corrected chi connectivity index (χ4v) is 3.23. The second-order valence-electron chi connectivity index (χ2n) is 4.45. The molecule has 0 spiro atoms. The van der Waals surface area contributed by atoms with Crippen molar-refractivity contribution in [1.29, 1.82) is 0 Å². The van der Waals surface area contributed by atoms with Crippen LogP contribution in [-0.2, 0) is 0 Å². The molecule has 19 heavy (non-hydrogen) atoms. The lowest BCUT2D eigenvalue weighted by Gasteiger charge is -2.25. The number of nitrogens with one attached hydrogen (secondary N) is 1. The summed E-state index contributed by atoms with van der Waals surface area (Å²) >= 11 is 1.88. The van der Waals surface area contributed by atoms with E-state index < -0.39 is 0 Å². The molecule has 1 heterocycles. The third-order valence-corrected chi connectivity index (χ3v) is 4.21. The first-order valence-electron chi connectivity index (χ1n) is 6.66. The van der Waals surface area contributed by atoms with E-state index in [4.69, 9.17) is 0 Å². The Bertz CT molecular complexity index is 473. The van der Waals surface area contributed by atoms with Crippen LogP contribution in [0.15, 0.2) is 59.8 Å². The van der Waals surface area contributed by atoms with Gasteiger partial charge in [0.15, 0.2) is 0 Å². The van der Waals surface area contributed by atoms with Crippen molar-refractivity contribution in [2.24, 2.45) is 0 Å². The standard InChI is InChI=1S/C16H20N2S/c1-3-18-16(14-7-5-4-6-8-14)13(2)19-15-9-11-17-12-10-15/h4-13,16,18H,3H2,1-2H3. The van der Waals surface area contributed by atoms with Gasteiger partial charge in [0.2, 0.25) is 0 Å². The summed E-state index contributed by atoms with van der Waals surface area (Å²) in [5.41, 5.74) is 1.35. The molecule has 0 aliphatic rings. The summed E-state index contributed by atoms with van der Waals surface area (Å²) in [6, 6.07) is 15.1. The van der Waals surface area contributed by atoms with Gasteiger partial charge >= 0.3 is 0 Å². The van der Waals surface area contributed by atoms with Crippen molar-refractivity contribution in [2.75, 3.05) is 6.54 Å². The average molecular weight is 272 g/mol. The van der Waals surface area contributed by atoms with Crippen LogP contribution in [0.5, 0.6) is 0 Å². The van der Waals surface area contributed by atoms with E-state index in [2.05, 4.69) is 66.6 Å². The highest BCUT2D eigenvalue weighted by Gasteiger charge is 2.18. The van der Waals surface area contributed by atoms with Gasteiger partial charge in [0.25, 0.3) is 0 Å². The van der Waals surface area contributed by atoms with E-state index >= 15 is 0 Å². The van der Waals surface area contributed by atoms with E-state index in [-0.39, 0.29) is 0 Å². The van der Waals surface area contributed by atoms with Gasteiger partial charge in [-0.15, -0.1) is 11.8 Å². The molecule has 2 nitrogen and oxygen atoms in total. The monoisotopic (exact) mass is 272 g/mol. The van der Waals surface area contributed by atoms with E-state index in [1.54, 1.807) is 0 Å². The summed E-state index contributed by atoms with van der Waals surface area (Å²) in [5.74, 6) is 0. The highest BCUT2D eigenvalue weighted by Crippen LogP contribution is 2.31. The number of nitrogens with zero attached hydrogens (tertiary/aromatic N) is 1. The van der Waals surface area contributed by atoms with Crippen molar-refractivity contribution in [3.8, 4) is 0 Å². The Morgan fingerprint density at radius 2 is 1.79 bits per heavy atom. The van der Waals surface area contributed by atoms with Crippen molar-refractivity contribution < 1.29 is 0 Å². The van der Waals surface area contributed by atoms with E-state index in [9.17, 15) is 0 Å². The summed E-state index contributed by atoms with van der Waals surface area (Å²) in [6.07, 6.45) is 3.69. The molecule has 1 aromatic carbocycles. The SMILES string of the molecule is CCNC(c1ccccc1)C(C)Sc1ccncc1. The normalized spacial score (nSPS) is 14.0. The first-order valence-corrected chi connectivity index (χ1v) is 7.54. The van der Waals surface area contributed by atoms with Crippen molar-refractivity contribution in [3.63, 3.8) is 0 Å². The maximum atomic E-state index is 4.06. The Balaban J connectivity index is 2.11. The van der Waals surface area contributed by atoms with E-state index in [0.29, 0.717) is 11.3 Å². The summed E-state index contributed by atoms with van der Waals surface area (Å²) in [7, 11) is 0. The van der Waals surface area contributed by atoms with Gasteiger partial charge in [0.1, 0.15) is 0 Å². The van der Waals surface area contributed by atoms with Crippen LogP contribution in [0.25, 0.3) is 0 Å². The summed E-state index contributed by atoms with van der Waals surface area (Å²) < 4.78 is 0. The smallest absolute Gasteiger partial charge is 0.0441 e. The molecule has 3 heteroatoms. The number of thioether (sulfide) groups is 1. The van der Waals surface area contributed by atoms with Crippen LogP contribution < -0.4 is 5.32 Å². The molecule has 100 valence electrons. The molecule has 0 amide bonds. The van der Waals surface area contributed by atoms with Crippen molar-refractivity contribution in [1.82, 2.24) is 10.3 Å². The van der Waals surface area contributed by atoms with Crippen LogP contribution in [0.3, 0.4) is 0 Å². The molecule has 2 aromatic rings. The van der Waals surface area contributed by atoms with E-state index in [0.717, 1.165) is 6.54 Å². The fraction of sp³-hybridized carbons (Fsp3) is 0.312. The molecule has 2 unspecified atom stereocenters. The number of rotatable bonds is 6. The Morgan fingerprint density at radius 3 is 2.42 bits per heavy atom. The van der Waals surface area contributed by atoms with Gasteiger partial charge in [0, 0.05) is 28.6 Å². The molecule has 0 aliphatic carbocycles. The molecule has 2 rings (SSSR count). The zero-order valence-corrected chi connectivity index (χ0v) is 12.2. The topological polar surface area (TPSA) is 24.9 Å². The van der Waals surface area contributed by atoms with Gasteiger partial charge < -0.3 is 5.32 Å². The van der Waals surface area contributed by atoms with Gasteiger partial charge in [-0.3, -0.25) is 4.98 Å². The molecular weight excluding hydrogens is 252 g/mol. The predicted octanol–water partition coefficient (Wildman–Crippen LogP) is 3.91. The van der Waals surface area contributed by atoms with Crippen LogP contribution >= 0.6 is 11.8 Å². The zero-order chi connectivity index (χ0) is 13.5. The number of pyridine rings is 1. The minimum absolute atomic E-state index is 0.365. The van der Waals surface area contributed by atoms with Gasteiger partial charge in [-0.2, -0.15) is 0 Å². The zero-order valence-electron chi connectivity index (χ0n) is 11.4. The van der Waals surface area contributed by atoms with E-state index in [1.807, 2.05) is 24.2 Å². The average Bonchev–Trinajstić information content (AvgIpc) is 2.46. The number of hydrogen-bond acceptors (Lipinski definition) is 3. The Kier molecular flexibility index (Phi) is 5.43. The number of benzene rings is 1. The molecule has 0 saturated heterocycles. The minimum atomic E-state index is 0.365. The second kappa shape index (κ2) is 7.31. The molecule has 0 fully saturated rings. The lowest BCUT2D eigenvalue weighted by molar-refractivity contribution is 0.548. The van der Waals surface area contributed by atoms with Crippen LogP contribution in [0.4, 0.5) is 0 Å². The van der Waals surface area contributed by atoms with Crippen LogP contribution in [0.2, 0.25) is 0 Å². The quantitative estimate of drug-likeness (QED) is 0.807. The van der Waals surface area contributed by atoms with Gasteiger partial charge in [-0.1, -0.05) is 44.2 Å². The molecule has 1 aromatic heterocycles. The van der Waals surface area contributed by atoms with Crippen molar-refractivity contribution in [2.45, 2.75) is 30.0 Å². The first kappa shape index (κ1) is 14.1. The fourth-order valence-electron chi connectivity index (χ4n) is 2.13. The molecular formula is C16H20N2S. The van der Waals surface area contributed by atoms with Crippen molar-refractivity contribution >= 4 is 11.8 Å². The Morgan fingerprint density at radius 1 is 1.11 bits per heavy atom. The summed E-state index contributed by atoms with van der Waals surface area (Å²) in [4.78, 5) is 5.33. The van der Waals surface area contributed by atoms with Gasteiger partial charge in [-0.25, -0.2) is 0 Å². The summed E-state index contributed by atoms with van der Waals surface area (Å²) in [6.45, 7) is 5.39. The van der Waals surface area contributed by atoms with Gasteiger partial charge in [-0.05, 0) is 24.2 Å². The lowest BCUT2D eigenvalue weighted by atomic mass is 10.0. The largest absolute Gasteiger partial charge is 0.309 e. The molecule has 2 atom stereocenters. The van der Waals surface area contributed by atoms with E-state index in [1.165, 1.54) is 10.5 Å². The van der Waals surface area contributed by atoms with Crippen LogP contribution in [0, 0.1) is 0 Å². The maximum absolute atomic E-state index is 4.06. The molecule has 0 radical (unpaired) electrons. The summed E-state index contributed by atoms with van der Waals surface area (Å²) in [5, 5.41) is 4.05. The Hall–Kier alpha value is -1.32. The highest BCUT2D eigenvalue weighted by molar-refractivity contribution is 8.00. The third kappa shape index (κ3) is 4.08. The first-order chi connectivity index (χ1) is 9.31. The Labute approximate surface area is 119 Å². The maximum Gasteiger partial charge on any atom is 0.0441 e. The second-order valence-corrected chi connectivity index (χ2v) is 5.90. The lowest BCUT2D eigenvalue weighted by Crippen LogP contribution is -2.28.